The number of halogens is 2. The van der Waals surface area contributed by atoms with Crippen molar-refractivity contribution in [3.8, 4) is 11.4 Å². The van der Waals surface area contributed by atoms with Crippen molar-refractivity contribution in [2.45, 2.75) is 19.6 Å². The van der Waals surface area contributed by atoms with Crippen LogP contribution in [0.1, 0.15) is 17.0 Å². The number of hydrogen-bond donors (Lipinski definition) is 0. The normalized spacial score (nSPS) is 13.2. The molecule has 0 fully saturated rings. The molecule has 4 heterocycles. The summed E-state index contributed by atoms with van der Waals surface area (Å²) in [5, 5.41) is 1.27. The molecule has 1 aliphatic rings. The van der Waals surface area contributed by atoms with Gasteiger partial charge in [0.1, 0.15) is 12.4 Å². The fourth-order valence-electron chi connectivity index (χ4n) is 4.25. The van der Waals surface area contributed by atoms with Crippen LogP contribution in [0.15, 0.2) is 65.7 Å². The van der Waals surface area contributed by atoms with Crippen LogP contribution in [0, 0.1) is 0 Å². The average molecular weight is 473 g/mol. The van der Waals surface area contributed by atoms with Crippen LogP contribution in [0.2, 0.25) is 0 Å². The maximum absolute atomic E-state index is 12.8. The lowest BCUT2D eigenvalue weighted by molar-refractivity contribution is 0.300. The zero-order valence-electron chi connectivity index (χ0n) is 18.0. The Kier molecular flexibility index (Phi) is 7.29. The Morgan fingerprint density at radius 3 is 2.66 bits per heavy atom. The smallest absolute Gasteiger partial charge is 0.258 e. The number of rotatable bonds is 4. The molecule has 4 aromatic rings. The molecule has 0 aliphatic carbocycles. The lowest BCUT2D eigenvalue weighted by Gasteiger charge is -2.23. The number of aryl methyl sites for hydroxylation is 1. The number of likely N-dealkylation sites (N-methyl/N-ethyl adjacent to an activating group) is 1. The largest absolute Gasteiger partial charge is 0.487 e. The minimum atomic E-state index is -0.119. The van der Waals surface area contributed by atoms with Gasteiger partial charge in [-0.2, -0.15) is 0 Å². The molecule has 0 N–H and O–H groups in total. The first-order valence-electron chi connectivity index (χ1n) is 10.1. The second kappa shape index (κ2) is 9.77. The van der Waals surface area contributed by atoms with E-state index in [0.717, 1.165) is 36.4 Å². The third-order valence-electron chi connectivity index (χ3n) is 5.86. The highest BCUT2D eigenvalue weighted by Gasteiger charge is 2.21. The van der Waals surface area contributed by atoms with Gasteiger partial charge in [-0.15, -0.1) is 24.8 Å². The highest BCUT2D eigenvalue weighted by atomic mass is 35.5. The maximum atomic E-state index is 12.8. The van der Waals surface area contributed by atoms with Crippen molar-refractivity contribution in [1.29, 1.82) is 0 Å². The molecule has 168 valence electrons. The monoisotopic (exact) mass is 472 g/mol. The minimum Gasteiger partial charge on any atom is -0.487 e. The fraction of sp³-hybridized carbons (Fsp3) is 0.250. The number of aromatic nitrogens is 3. The number of pyridine rings is 2. The van der Waals surface area contributed by atoms with Gasteiger partial charge in [0, 0.05) is 56.1 Å². The van der Waals surface area contributed by atoms with Gasteiger partial charge in [0.2, 0.25) is 0 Å². The molecule has 0 bridgehead atoms. The molecule has 3 aromatic heterocycles. The van der Waals surface area contributed by atoms with Crippen molar-refractivity contribution in [1.82, 2.24) is 19.0 Å². The molecular formula is C24H26Cl2N4O2. The van der Waals surface area contributed by atoms with E-state index >= 15 is 0 Å². The van der Waals surface area contributed by atoms with Crippen LogP contribution in [-0.4, -0.2) is 32.6 Å². The number of ether oxygens (including phenoxy) is 1. The number of hydrogen-bond acceptors (Lipinski definition) is 4. The van der Waals surface area contributed by atoms with E-state index in [2.05, 4.69) is 40.7 Å². The third kappa shape index (κ3) is 4.39. The van der Waals surface area contributed by atoms with Crippen LogP contribution in [0.5, 0.6) is 5.75 Å². The first-order chi connectivity index (χ1) is 14.6. The van der Waals surface area contributed by atoms with Gasteiger partial charge in [0.25, 0.3) is 5.56 Å². The average Bonchev–Trinajstić information content (AvgIpc) is 3.04. The van der Waals surface area contributed by atoms with Crippen LogP contribution in [0.3, 0.4) is 0 Å². The lowest BCUT2D eigenvalue weighted by atomic mass is 10.0. The van der Waals surface area contributed by atoms with E-state index < -0.39 is 0 Å². The Morgan fingerprint density at radius 1 is 1.06 bits per heavy atom. The Morgan fingerprint density at radius 2 is 1.91 bits per heavy atom. The van der Waals surface area contributed by atoms with Crippen molar-refractivity contribution < 1.29 is 4.74 Å². The van der Waals surface area contributed by atoms with E-state index in [1.54, 1.807) is 17.0 Å². The molecule has 8 heteroatoms. The van der Waals surface area contributed by atoms with E-state index in [-0.39, 0.29) is 30.4 Å². The van der Waals surface area contributed by atoms with Crippen molar-refractivity contribution in [2.24, 2.45) is 7.05 Å². The molecule has 6 nitrogen and oxygen atoms in total. The van der Waals surface area contributed by atoms with E-state index in [1.165, 1.54) is 22.7 Å². The second-order valence-corrected chi connectivity index (χ2v) is 7.85. The summed E-state index contributed by atoms with van der Waals surface area (Å²) < 4.78 is 9.67. The highest BCUT2D eigenvalue weighted by molar-refractivity contribution is 5.87. The minimum absolute atomic E-state index is 0. The van der Waals surface area contributed by atoms with Gasteiger partial charge in [-0.25, -0.2) is 0 Å². The summed E-state index contributed by atoms with van der Waals surface area (Å²) in [5.74, 6) is 0.542. The molecule has 0 amide bonds. The zero-order valence-corrected chi connectivity index (χ0v) is 19.7. The van der Waals surface area contributed by atoms with E-state index in [4.69, 9.17) is 4.74 Å². The van der Waals surface area contributed by atoms with E-state index in [9.17, 15) is 4.79 Å². The standard InChI is InChI=1S/C24H24N4O2.2ClH/c1-26-11-9-22-21(15-26)20-7-6-18(13-23(20)27(22)2)28-12-8-19(14-24(28)29)30-16-17-5-3-4-10-25-17;;/h3-8,10,12-14H,9,11,15-16H2,1-2H3;2*1H. The Hall–Kier alpha value is -2.80. The summed E-state index contributed by atoms with van der Waals surface area (Å²) in [4.78, 5) is 19.4. The van der Waals surface area contributed by atoms with E-state index in [1.807, 2.05) is 30.3 Å². The Labute approximate surface area is 199 Å². The Balaban J connectivity index is 0.00000144. The number of fused-ring (bicyclic) bond motifs is 3. The SMILES string of the molecule is CN1CCc2c(c3ccc(-n4ccc(OCc5ccccn5)cc4=O)cc3n2C)C1.Cl.Cl. The number of nitrogens with zero attached hydrogens (tertiary/aromatic N) is 4. The summed E-state index contributed by atoms with van der Waals surface area (Å²) in [6.07, 6.45) is 4.55. The second-order valence-electron chi connectivity index (χ2n) is 7.85. The molecule has 5 rings (SSSR count). The van der Waals surface area contributed by atoms with Crippen molar-refractivity contribution >= 4 is 35.7 Å². The molecule has 0 spiro atoms. The summed E-state index contributed by atoms with van der Waals surface area (Å²) in [7, 11) is 4.28. The first kappa shape index (κ1) is 23.9. The predicted octanol–water partition coefficient (Wildman–Crippen LogP) is 4.13. The van der Waals surface area contributed by atoms with Gasteiger partial charge >= 0.3 is 0 Å². The molecule has 0 saturated heterocycles. The lowest BCUT2D eigenvalue weighted by Crippen LogP contribution is -2.26. The van der Waals surface area contributed by atoms with Crippen LogP contribution in [0.25, 0.3) is 16.6 Å². The molecule has 0 unspecified atom stereocenters. The first-order valence-corrected chi connectivity index (χ1v) is 10.1. The molecular weight excluding hydrogens is 447 g/mol. The summed E-state index contributed by atoms with van der Waals surface area (Å²) in [5.41, 5.74) is 5.52. The van der Waals surface area contributed by atoms with Gasteiger partial charge in [0.05, 0.1) is 16.9 Å². The zero-order chi connectivity index (χ0) is 20.7. The quantitative estimate of drug-likeness (QED) is 0.447. The maximum Gasteiger partial charge on any atom is 0.258 e. The van der Waals surface area contributed by atoms with Gasteiger partial charge in [0.15, 0.2) is 0 Å². The molecule has 0 saturated carbocycles. The molecule has 1 aromatic carbocycles. The topological polar surface area (TPSA) is 52.3 Å². The van der Waals surface area contributed by atoms with Crippen molar-refractivity contribution in [3.05, 3.63) is 88.2 Å². The van der Waals surface area contributed by atoms with Gasteiger partial charge < -0.3 is 14.2 Å². The fourth-order valence-corrected chi connectivity index (χ4v) is 4.25. The third-order valence-corrected chi connectivity index (χ3v) is 5.86. The van der Waals surface area contributed by atoms with Crippen LogP contribution >= 0.6 is 24.8 Å². The summed E-state index contributed by atoms with van der Waals surface area (Å²) in [6.45, 7) is 2.37. The predicted molar refractivity (Wildman–Crippen MR) is 132 cm³/mol. The van der Waals surface area contributed by atoms with Gasteiger partial charge in [-0.1, -0.05) is 12.1 Å². The van der Waals surface area contributed by atoms with Crippen molar-refractivity contribution in [2.75, 3.05) is 13.6 Å². The van der Waals surface area contributed by atoms with Gasteiger partial charge in [-0.05, 0) is 42.9 Å². The van der Waals surface area contributed by atoms with E-state index in [0.29, 0.717) is 12.4 Å². The molecule has 0 atom stereocenters. The summed E-state index contributed by atoms with van der Waals surface area (Å²) >= 11 is 0. The van der Waals surface area contributed by atoms with Crippen LogP contribution < -0.4 is 10.3 Å². The van der Waals surface area contributed by atoms with Crippen LogP contribution in [-0.2, 0) is 26.6 Å². The molecule has 1 aliphatic heterocycles. The Bertz CT molecular complexity index is 1280. The van der Waals surface area contributed by atoms with Crippen LogP contribution in [0.4, 0.5) is 0 Å². The number of benzene rings is 1. The highest BCUT2D eigenvalue weighted by Crippen LogP contribution is 2.31. The summed E-state index contributed by atoms with van der Waals surface area (Å²) in [6, 6.07) is 15.3. The molecule has 0 radical (unpaired) electrons. The van der Waals surface area contributed by atoms with Gasteiger partial charge in [-0.3, -0.25) is 14.3 Å². The molecule has 32 heavy (non-hydrogen) atoms. The van der Waals surface area contributed by atoms with Crippen molar-refractivity contribution in [3.63, 3.8) is 0 Å².